The number of aryl methyl sites for hydroxylation is 1. The second kappa shape index (κ2) is 3.95. The molecule has 1 aromatic carbocycles. The SMILES string of the molecule is CCn1cc(COC)c2cc(O)ccc21. The molecule has 0 atom stereocenters. The van der Waals surface area contributed by atoms with Gasteiger partial charge in [-0.25, -0.2) is 0 Å². The van der Waals surface area contributed by atoms with Crippen LogP contribution in [-0.2, 0) is 17.9 Å². The minimum absolute atomic E-state index is 0.300. The van der Waals surface area contributed by atoms with Crippen molar-refractivity contribution in [3.8, 4) is 5.75 Å². The first-order valence-electron chi connectivity index (χ1n) is 5.06. The van der Waals surface area contributed by atoms with E-state index in [0.717, 1.165) is 23.0 Å². The van der Waals surface area contributed by atoms with Crippen LogP contribution in [0.4, 0.5) is 0 Å². The fourth-order valence-electron chi connectivity index (χ4n) is 1.89. The van der Waals surface area contributed by atoms with Crippen molar-refractivity contribution in [1.82, 2.24) is 4.57 Å². The Labute approximate surface area is 88.9 Å². The lowest BCUT2D eigenvalue weighted by molar-refractivity contribution is 0.186. The topological polar surface area (TPSA) is 34.4 Å². The molecule has 0 saturated heterocycles. The zero-order chi connectivity index (χ0) is 10.8. The number of hydrogen-bond acceptors (Lipinski definition) is 2. The molecule has 2 rings (SSSR count). The Kier molecular flexibility index (Phi) is 2.64. The minimum Gasteiger partial charge on any atom is -0.508 e. The van der Waals surface area contributed by atoms with Crippen molar-refractivity contribution in [2.75, 3.05) is 7.11 Å². The van der Waals surface area contributed by atoms with E-state index in [4.69, 9.17) is 4.74 Å². The molecule has 0 saturated carbocycles. The lowest BCUT2D eigenvalue weighted by atomic mass is 10.2. The highest BCUT2D eigenvalue weighted by atomic mass is 16.5. The number of hydrogen-bond donors (Lipinski definition) is 1. The van der Waals surface area contributed by atoms with E-state index in [1.54, 1.807) is 19.2 Å². The number of ether oxygens (including phenoxy) is 1. The van der Waals surface area contributed by atoms with Gasteiger partial charge in [0, 0.05) is 36.3 Å². The second-order valence-electron chi connectivity index (χ2n) is 3.57. The average molecular weight is 205 g/mol. The maximum absolute atomic E-state index is 9.45. The van der Waals surface area contributed by atoms with E-state index in [1.165, 1.54) is 0 Å². The maximum atomic E-state index is 9.45. The Bertz CT molecular complexity index is 474. The molecule has 80 valence electrons. The molecule has 1 N–H and O–H groups in total. The minimum atomic E-state index is 0.300. The van der Waals surface area contributed by atoms with E-state index in [0.29, 0.717) is 12.4 Å². The first-order valence-corrected chi connectivity index (χ1v) is 5.06. The number of phenols is 1. The number of benzene rings is 1. The van der Waals surface area contributed by atoms with Crippen LogP contribution < -0.4 is 0 Å². The summed E-state index contributed by atoms with van der Waals surface area (Å²) in [4.78, 5) is 0. The van der Waals surface area contributed by atoms with E-state index in [-0.39, 0.29) is 0 Å². The lowest BCUT2D eigenvalue weighted by Gasteiger charge is -1.99. The number of methoxy groups -OCH3 is 1. The third-order valence-electron chi connectivity index (χ3n) is 2.59. The summed E-state index contributed by atoms with van der Waals surface area (Å²) < 4.78 is 7.29. The van der Waals surface area contributed by atoms with E-state index >= 15 is 0 Å². The molecular formula is C12H15NO2. The molecule has 3 heteroatoms. The zero-order valence-corrected chi connectivity index (χ0v) is 9.03. The number of aromatic hydroxyl groups is 1. The van der Waals surface area contributed by atoms with Gasteiger partial charge in [-0.1, -0.05) is 0 Å². The predicted molar refractivity (Wildman–Crippen MR) is 60.0 cm³/mol. The second-order valence-corrected chi connectivity index (χ2v) is 3.57. The fraction of sp³-hybridized carbons (Fsp3) is 0.333. The first-order chi connectivity index (χ1) is 7.26. The number of rotatable bonds is 3. The van der Waals surface area contributed by atoms with Crippen LogP contribution in [-0.4, -0.2) is 16.8 Å². The Balaban J connectivity index is 2.64. The molecule has 15 heavy (non-hydrogen) atoms. The smallest absolute Gasteiger partial charge is 0.116 e. The summed E-state index contributed by atoms with van der Waals surface area (Å²) in [6.07, 6.45) is 2.08. The molecule has 0 amide bonds. The molecule has 0 aliphatic rings. The summed E-state index contributed by atoms with van der Waals surface area (Å²) >= 11 is 0. The monoisotopic (exact) mass is 205 g/mol. The van der Waals surface area contributed by atoms with Crippen LogP contribution in [0.25, 0.3) is 10.9 Å². The van der Waals surface area contributed by atoms with Crippen molar-refractivity contribution >= 4 is 10.9 Å². The zero-order valence-electron chi connectivity index (χ0n) is 9.03. The Hall–Kier alpha value is -1.48. The lowest BCUT2D eigenvalue weighted by Crippen LogP contribution is -1.90. The van der Waals surface area contributed by atoms with Crippen LogP contribution in [0.15, 0.2) is 24.4 Å². The van der Waals surface area contributed by atoms with Crippen LogP contribution in [0.1, 0.15) is 12.5 Å². The van der Waals surface area contributed by atoms with Crippen molar-refractivity contribution < 1.29 is 9.84 Å². The van der Waals surface area contributed by atoms with Crippen molar-refractivity contribution in [1.29, 1.82) is 0 Å². The van der Waals surface area contributed by atoms with Crippen LogP contribution in [0, 0.1) is 0 Å². The van der Waals surface area contributed by atoms with Gasteiger partial charge >= 0.3 is 0 Å². The molecular weight excluding hydrogens is 190 g/mol. The van der Waals surface area contributed by atoms with Crippen LogP contribution in [0.2, 0.25) is 0 Å². The van der Waals surface area contributed by atoms with Crippen molar-refractivity contribution in [3.05, 3.63) is 30.0 Å². The van der Waals surface area contributed by atoms with Gasteiger partial charge in [0.15, 0.2) is 0 Å². The van der Waals surface area contributed by atoms with Gasteiger partial charge in [0.1, 0.15) is 5.75 Å². The molecule has 0 unspecified atom stereocenters. The summed E-state index contributed by atoms with van der Waals surface area (Å²) in [7, 11) is 1.68. The van der Waals surface area contributed by atoms with Crippen molar-refractivity contribution in [2.45, 2.75) is 20.1 Å². The van der Waals surface area contributed by atoms with Gasteiger partial charge in [-0.15, -0.1) is 0 Å². The quantitative estimate of drug-likeness (QED) is 0.835. The molecule has 0 fully saturated rings. The molecule has 0 spiro atoms. The molecule has 0 aliphatic heterocycles. The van der Waals surface area contributed by atoms with Gasteiger partial charge in [-0.2, -0.15) is 0 Å². The normalized spacial score (nSPS) is 11.1. The van der Waals surface area contributed by atoms with Gasteiger partial charge < -0.3 is 14.4 Å². The third-order valence-corrected chi connectivity index (χ3v) is 2.59. The van der Waals surface area contributed by atoms with E-state index in [1.807, 2.05) is 6.07 Å². The Morgan fingerprint density at radius 2 is 2.20 bits per heavy atom. The number of nitrogens with zero attached hydrogens (tertiary/aromatic N) is 1. The summed E-state index contributed by atoms with van der Waals surface area (Å²) in [5.74, 6) is 0.300. The largest absolute Gasteiger partial charge is 0.508 e. The Morgan fingerprint density at radius 1 is 1.40 bits per heavy atom. The highest BCUT2D eigenvalue weighted by molar-refractivity contribution is 5.85. The van der Waals surface area contributed by atoms with E-state index in [9.17, 15) is 5.11 Å². The standard InChI is InChI=1S/C12H15NO2/c1-3-13-7-9(8-15-2)11-6-10(14)4-5-12(11)13/h4-7,14H,3,8H2,1-2H3. The maximum Gasteiger partial charge on any atom is 0.116 e. The summed E-state index contributed by atoms with van der Waals surface area (Å²) in [5.41, 5.74) is 2.26. The number of fused-ring (bicyclic) bond motifs is 1. The molecule has 1 heterocycles. The average Bonchev–Trinajstić information content (AvgIpc) is 2.57. The number of phenolic OH excluding ortho intramolecular Hbond substituents is 1. The van der Waals surface area contributed by atoms with E-state index < -0.39 is 0 Å². The van der Waals surface area contributed by atoms with Crippen molar-refractivity contribution in [2.24, 2.45) is 0 Å². The van der Waals surface area contributed by atoms with Crippen LogP contribution in [0.3, 0.4) is 0 Å². The van der Waals surface area contributed by atoms with Crippen LogP contribution >= 0.6 is 0 Å². The molecule has 0 bridgehead atoms. The Morgan fingerprint density at radius 3 is 2.87 bits per heavy atom. The third kappa shape index (κ3) is 1.70. The van der Waals surface area contributed by atoms with Gasteiger partial charge in [0.25, 0.3) is 0 Å². The molecule has 3 nitrogen and oxygen atoms in total. The summed E-state index contributed by atoms with van der Waals surface area (Å²) in [5, 5.41) is 10.5. The van der Waals surface area contributed by atoms with Crippen LogP contribution in [0.5, 0.6) is 5.75 Å². The highest BCUT2D eigenvalue weighted by Crippen LogP contribution is 2.25. The van der Waals surface area contributed by atoms with Gasteiger partial charge in [0.05, 0.1) is 6.61 Å². The van der Waals surface area contributed by atoms with Gasteiger partial charge in [-0.05, 0) is 25.1 Å². The van der Waals surface area contributed by atoms with Gasteiger partial charge in [0.2, 0.25) is 0 Å². The first kappa shape index (κ1) is 10.1. The van der Waals surface area contributed by atoms with E-state index in [2.05, 4.69) is 17.7 Å². The highest BCUT2D eigenvalue weighted by Gasteiger charge is 2.07. The molecule has 0 aliphatic carbocycles. The fourth-order valence-corrected chi connectivity index (χ4v) is 1.89. The number of aromatic nitrogens is 1. The molecule has 2 aromatic rings. The van der Waals surface area contributed by atoms with Gasteiger partial charge in [-0.3, -0.25) is 0 Å². The van der Waals surface area contributed by atoms with Crippen molar-refractivity contribution in [3.63, 3.8) is 0 Å². The predicted octanol–water partition coefficient (Wildman–Crippen LogP) is 2.51. The summed E-state index contributed by atoms with van der Waals surface area (Å²) in [6.45, 7) is 3.60. The summed E-state index contributed by atoms with van der Waals surface area (Å²) in [6, 6.07) is 5.44. The molecule has 1 aromatic heterocycles. The molecule has 0 radical (unpaired) electrons.